The number of fused-ring (bicyclic) bond motifs is 1. The van der Waals surface area contributed by atoms with Crippen molar-refractivity contribution in [1.82, 2.24) is 19.4 Å². The van der Waals surface area contributed by atoms with Crippen LogP contribution in [-0.4, -0.2) is 50.1 Å². The number of aliphatic hydroxyl groups excluding tert-OH is 1. The molecule has 2 aliphatic rings. The van der Waals surface area contributed by atoms with E-state index < -0.39 is 5.92 Å². The van der Waals surface area contributed by atoms with Gasteiger partial charge in [-0.25, -0.2) is 9.97 Å². The molecule has 1 amide bonds. The number of carbonyl (C=O) groups is 1. The summed E-state index contributed by atoms with van der Waals surface area (Å²) in [5, 5.41) is 9.86. The fourth-order valence-corrected chi connectivity index (χ4v) is 4.84. The molecule has 0 radical (unpaired) electrons. The van der Waals surface area contributed by atoms with Crippen LogP contribution in [0.1, 0.15) is 61.4 Å². The number of amides is 1. The van der Waals surface area contributed by atoms with Gasteiger partial charge in [-0.2, -0.15) is 0 Å². The molecule has 1 unspecified atom stereocenters. The molecule has 30 heavy (non-hydrogen) atoms. The van der Waals surface area contributed by atoms with Gasteiger partial charge in [-0.05, 0) is 43.4 Å². The second-order valence-electron chi connectivity index (χ2n) is 8.52. The van der Waals surface area contributed by atoms with E-state index in [2.05, 4.69) is 9.55 Å². The minimum Gasteiger partial charge on any atom is -0.395 e. The lowest BCUT2D eigenvalue weighted by atomic mass is 9.84. The highest BCUT2D eigenvalue weighted by Crippen LogP contribution is 2.40. The van der Waals surface area contributed by atoms with Crippen molar-refractivity contribution in [3.05, 3.63) is 60.0 Å². The number of carbonyl (C=O) groups excluding carboxylic acids is 1. The molecule has 156 valence electrons. The van der Waals surface area contributed by atoms with E-state index in [4.69, 9.17) is 4.98 Å². The van der Waals surface area contributed by atoms with Crippen molar-refractivity contribution in [1.29, 1.82) is 0 Å². The molecule has 3 aromatic rings. The number of rotatable bonds is 5. The Bertz CT molecular complexity index is 1020. The van der Waals surface area contributed by atoms with E-state index in [0.717, 1.165) is 29.6 Å². The quantitative estimate of drug-likeness (QED) is 0.705. The summed E-state index contributed by atoms with van der Waals surface area (Å²) < 4.78 is 2.36. The molecule has 6 nitrogen and oxygen atoms in total. The van der Waals surface area contributed by atoms with Gasteiger partial charge in [0.15, 0.2) is 5.65 Å². The largest absolute Gasteiger partial charge is 0.395 e. The van der Waals surface area contributed by atoms with E-state index in [1.165, 1.54) is 25.1 Å². The summed E-state index contributed by atoms with van der Waals surface area (Å²) in [6.45, 7) is 1.23. The molecule has 6 heteroatoms. The van der Waals surface area contributed by atoms with E-state index in [1.54, 1.807) is 0 Å². The number of hydrogen-bond acceptors (Lipinski definition) is 4. The second kappa shape index (κ2) is 8.19. The van der Waals surface area contributed by atoms with Crippen LogP contribution in [-0.2, 0) is 4.79 Å². The number of likely N-dealkylation sites (tertiary alicyclic amines) is 1. The topological polar surface area (TPSA) is 71.2 Å². The predicted octanol–water partition coefficient (Wildman–Crippen LogP) is 3.64. The van der Waals surface area contributed by atoms with Crippen LogP contribution in [0.25, 0.3) is 11.2 Å². The summed E-state index contributed by atoms with van der Waals surface area (Å²) in [7, 11) is 0. The summed E-state index contributed by atoms with van der Waals surface area (Å²) >= 11 is 0. The molecule has 1 atom stereocenters. The highest BCUT2D eigenvalue weighted by atomic mass is 16.3. The maximum atomic E-state index is 13.1. The molecule has 2 aromatic heterocycles. The van der Waals surface area contributed by atoms with Crippen LogP contribution in [0.5, 0.6) is 0 Å². The van der Waals surface area contributed by atoms with Gasteiger partial charge >= 0.3 is 0 Å². The molecule has 1 saturated heterocycles. The van der Waals surface area contributed by atoms with E-state index in [1.807, 2.05) is 53.6 Å². The number of aromatic nitrogens is 3. The van der Waals surface area contributed by atoms with Gasteiger partial charge in [-0.15, -0.1) is 0 Å². The van der Waals surface area contributed by atoms with Crippen LogP contribution in [0.4, 0.5) is 0 Å². The zero-order valence-electron chi connectivity index (χ0n) is 17.2. The first-order chi connectivity index (χ1) is 14.8. The minimum absolute atomic E-state index is 0.0231. The summed E-state index contributed by atoms with van der Waals surface area (Å²) in [6.07, 6.45) is 7.30. The van der Waals surface area contributed by atoms with Crippen molar-refractivity contribution >= 4 is 17.1 Å². The van der Waals surface area contributed by atoms with Crippen molar-refractivity contribution in [2.45, 2.75) is 50.0 Å². The molecule has 0 spiro atoms. The predicted molar refractivity (Wildman–Crippen MR) is 115 cm³/mol. The molecule has 1 aliphatic carbocycles. The first-order valence-electron chi connectivity index (χ1n) is 11.0. The van der Waals surface area contributed by atoms with Gasteiger partial charge in [-0.1, -0.05) is 36.8 Å². The smallest absolute Gasteiger partial charge is 0.232 e. The minimum atomic E-state index is -0.482. The van der Waals surface area contributed by atoms with Crippen molar-refractivity contribution in [2.75, 3.05) is 19.7 Å². The average molecular weight is 405 g/mol. The summed E-state index contributed by atoms with van der Waals surface area (Å²) in [5.74, 6) is 1.26. The summed E-state index contributed by atoms with van der Waals surface area (Å²) in [5.41, 5.74) is 2.83. The third-order valence-electron chi connectivity index (χ3n) is 6.77. The summed E-state index contributed by atoms with van der Waals surface area (Å²) in [4.78, 5) is 24.6. The molecule has 1 aliphatic heterocycles. The molecule has 1 aromatic carbocycles. The zero-order valence-corrected chi connectivity index (χ0v) is 17.2. The molecule has 5 rings (SSSR count). The fourth-order valence-electron chi connectivity index (χ4n) is 4.84. The number of imidazole rings is 1. The Hall–Kier alpha value is -2.73. The van der Waals surface area contributed by atoms with Crippen LogP contribution in [0.2, 0.25) is 0 Å². The van der Waals surface area contributed by atoms with E-state index in [0.29, 0.717) is 25.0 Å². The Labute approximate surface area is 176 Å². The molecular weight excluding hydrogens is 376 g/mol. The van der Waals surface area contributed by atoms with Crippen LogP contribution in [0.15, 0.2) is 48.7 Å². The summed E-state index contributed by atoms with van der Waals surface area (Å²) in [6, 6.07) is 13.9. The van der Waals surface area contributed by atoms with Gasteiger partial charge < -0.3 is 14.6 Å². The van der Waals surface area contributed by atoms with Crippen LogP contribution >= 0.6 is 0 Å². The first-order valence-corrected chi connectivity index (χ1v) is 11.0. The van der Waals surface area contributed by atoms with E-state index >= 15 is 0 Å². The molecule has 2 fully saturated rings. The number of nitrogens with zero attached hydrogens (tertiary/aromatic N) is 4. The molecule has 0 bridgehead atoms. The highest BCUT2D eigenvalue weighted by molar-refractivity contribution is 5.84. The van der Waals surface area contributed by atoms with Gasteiger partial charge in [0.2, 0.25) is 5.91 Å². The number of piperidine rings is 1. The van der Waals surface area contributed by atoms with Gasteiger partial charge in [-0.3, -0.25) is 4.79 Å². The van der Waals surface area contributed by atoms with Crippen molar-refractivity contribution in [3.8, 4) is 0 Å². The van der Waals surface area contributed by atoms with Gasteiger partial charge in [0.25, 0.3) is 0 Å². The van der Waals surface area contributed by atoms with Crippen LogP contribution < -0.4 is 0 Å². The molecular formula is C24H28N4O2. The lowest BCUT2D eigenvalue weighted by Crippen LogP contribution is -2.42. The van der Waals surface area contributed by atoms with Gasteiger partial charge in [0, 0.05) is 31.2 Å². The van der Waals surface area contributed by atoms with E-state index in [9.17, 15) is 9.90 Å². The van der Waals surface area contributed by atoms with E-state index in [-0.39, 0.29) is 12.5 Å². The maximum absolute atomic E-state index is 13.1. The average Bonchev–Trinajstić information content (AvgIpc) is 3.12. The Morgan fingerprint density at radius 2 is 1.83 bits per heavy atom. The lowest BCUT2D eigenvalue weighted by molar-refractivity contribution is -0.135. The number of pyridine rings is 1. The van der Waals surface area contributed by atoms with Crippen LogP contribution in [0.3, 0.4) is 0 Å². The third kappa shape index (κ3) is 3.39. The lowest BCUT2D eigenvalue weighted by Gasteiger charge is -2.36. The number of hydrogen-bond donors (Lipinski definition) is 1. The Kier molecular flexibility index (Phi) is 5.25. The first kappa shape index (κ1) is 19.2. The second-order valence-corrected chi connectivity index (χ2v) is 8.52. The SMILES string of the molecule is O=C(C(CO)c1ccccc1)N1CCC(n2c(C3CCC3)nc3cccnc32)CC1. The maximum Gasteiger partial charge on any atom is 0.232 e. The Balaban J connectivity index is 1.34. The van der Waals surface area contributed by atoms with Gasteiger partial charge in [0.1, 0.15) is 11.3 Å². The number of aliphatic hydroxyl groups is 1. The van der Waals surface area contributed by atoms with Crippen molar-refractivity contribution in [2.24, 2.45) is 0 Å². The van der Waals surface area contributed by atoms with Crippen LogP contribution in [0, 0.1) is 0 Å². The van der Waals surface area contributed by atoms with Gasteiger partial charge in [0.05, 0.1) is 12.5 Å². The molecule has 3 heterocycles. The standard InChI is InChI=1S/C24H28N4O2/c29-16-20(17-6-2-1-3-7-17)24(30)27-14-11-19(12-15-27)28-22(18-8-4-9-18)26-21-10-5-13-25-23(21)28/h1-3,5-7,10,13,18-20,29H,4,8-9,11-12,14-16H2. The highest BCUT2D eigenvalue weighted by Gasteiger charge is 2.33. The Morgan fingerprint density at radius 3 is 2.50 bits per heavy atom. The van der Waals surface area contributed by atoms with Crippen molar-refractivity contribution < 1.29 is 9.90 Å². The third-order valence-corrected chi connectivity index (χ3v) is 6.77. The normalized spacial score (nSPS) is 19.0. The van der Waals surface area contributed by atoms with Crippen molar-refractivity contribution in [3.63, 3.8) is 0 Å². The monoisotopic (exact) mass is 404 g/mol. The molecule has 1 N–H and O–H groups in total. The zero-order chi connectivity index (χ0) is 20.5. The number of benzene rings is 1. The fraction of sp³-hybridized carbons (Fsp3) is 0.458. The molecule has 1 saturated carbocycles. The Morgan fingerprint density at radius 1 is 1.07 bits per heavy atom.